The number of carbonyl (C=O) groups excluding carboxylic acids is 2. The first kappa shape index (κ1) is 20.2. The quantitative estimate of drug-likeness (QED) is 0.515. The van der Waals surface area contributed by atoms with Gasteiger partial charge in [-0.2, -0.15) is 0 Å². The summed E-state index contributed by atoms with van der Waals surface area (Å²) in [4.78, 5) is 24.2. The second-order valence-electron chi connectivity index (χ2n) is 6.50. The molecule has 1 aliphatic heterocycles. The van der Waals surface area contributed by atoms with Crippen molar-refractivity contribution in [2.75, 3.05) is 37.4 Å². The van der Waals surface area contributed by atoms with E-state index >= 15 is 0 Å². The SMILES string of the molecule is CNc1cc(C(=O)Nc2ccc(SN3CCCCC3)cc2)ccc1OCC=O. The molecule has 0 radical (unpaired) electrons. The Labute approximate surface area is 169 Å². The Morgan fingerprint density at radius 3 is 2.57 bits per heavy atom. The highest BCUT2D eigenvalue weighted by molar-refractivity contribution is 7.97. The van der Waals surface area contributed by atoms with Crippen molar-refractivity contribution in [1.82, 2.24) is 4.31 Å². The Balaban J connectivity index is 1.61. The van der Waals surface area contributed by atoms with Gasteiger partial charge in [0.2, 0.25) is 0 Å². The van der Waals surface area contributed by atoms with E-state index in [1.54, 1.807) is 37.2 Å². The highest BCUT2D eigenvalue weighted by Crippen LogP contribution is 2.28. The third kappa shape index (κ3) is 5.50. The van der Waals surface area contributed by atoms with Crippen LogP contribution in [0.2, 0.25) is 0 Å². The second kappa shape index (κ2) is 10.1. The first-order valence-electron chi connectivity index (χ1n) is 9.42. The number of ether oxygens (including phenoxy) is 1. The summed E-state index contributed by atoms with van der Waals surface area (Å²) in [6.45, 7) is 2.23. The number of rotatable bonds is 8. The lowest BCUT2D eigenvalue weighted by atomic mass is 10.1. The molecule has 0 aromatic heterocycles. The van der Waals surface area contributed by atoms with E-state index in [1.165, 1.54) is 24.2 Å². The first-order chi connectivity index (χ1) is 13.7. The maximum Gasteiger partial charge on any atom is 0.255 e. The summed E-state index contributed by atoms with van der Waals surface area (Å²) in [5.41, 5.74) is 1.91. The fourth-order valence-corrected chi connectivity index (χ4v) is 4.02. The molecule has 1 saturated heterocycles. The molecule has 2 aromatic rings. The maximum atomic E-state index is 12.6. The lowest BCUT2D eigenvalue weighted by Gasteiger charge is -2.25. The standard InChI is InChI=1S/C21H25N3O3S/c1-22-19-15-16(5-10-20(19)27-14-13-25)21(26)23-17-6-8-18(9-7-17)28-24-11-3-2-4-12-24/h5-10,13,15,22H,2-4,11-12,14H2,1H3,(H,23,26). The summed E-state index contributed by atoms with van der Waals surface area (Å²) >= 11 is 1.78. The van der Waals surface area contributed by atoms with E-state index in [4.69, 9.17) is 4.74 Å². The highest BCUT2D eigenvalue weighted by Gasteiger charge is 2.13. The van der Waals surface area contributed by atoms with Crippen LogP contribution in [0.25, 0.3) is 0 Å². The van der Waals surface area contributed by atoms with Crippen molar-refractivity contribution in [3.8, 4) is 5.75 Å². The van der Waals surface area contributed by atoms with Gasteiger partial charge in [0.25, 0.3) is 5.91 Å². The molecule has 7 heteroatoms. The summed E-state index contributed by atoms with van der Waals surface area (Å²) in [7, 11) is 1.74. The van der Waals surface area contributed by atoms with Gasteiger partial charge < -0.3 is 15.4 Å². The van der Waals surface area contributed by atoms with Crippen LogP contribution in [0.3, 0.4) is 0 Å². The van der Waals surface area contributed by atoms with Crippen LogP contribution in [0.5, 0.6) is 5.75 Å². The van der Waals surface area contributed by atoms with Crippen molar-refractivity contribution in [2.24, 2.45) is 0 Å². The van der Waals surface area contributed by atoms with E-state index in [0.717, 1.165) is 18.8 Å². The van der Waals surface area contributed by atoms with E-state index in [0.29, 0.717) is 23.3 Å². The predicted octanol–water partition coefficient (Wildman–Crippen LogP) is 4.05. The molecule has 28 heavy (non-hydrogen) atoms. The molecule has 1 amide bonds. The van der Waals surface area contributed by atoms with Crippen molar-refractivity contribution < 1.29 is 14.3 Å². The van der Waals surface area contributed by atoms with Crippen molar-refractivity contribution in [3.63, 3.8) is 0 Å². The van der Waals surface area contributed by atoms with Crippen LogP contribution in [0, 0.1) is 0 Å². The molecule has 1 aliphatic rings. The minimum atomic E-state index is -0.199. The van der Waals surface area contributed by atoms with Crippen LogP contribution in [0.4, 0.5) is 11.4 Å². The van der Waals surface area contributed by atoms with Gasteiger partial charge in [0, 0.05) is 36.3 Å². The molecule has 148 valence electrons. The molecular weight excluding hydrogens is 374 g/mol. The van der Waals surface area contributed by atoms with Crippen molar-refractivity contribution in [3.05, 3.63) is 48.0 Å². The zero-order valence-corrected chi connectivity index (χ0v) is 16.8. The van der Waals surface area contributed by atoms with Crippen molar-refractivity contribution in [1.29, 1.82) is 0 Å². The number of nitrogens with one attached hydrogen (secondary N) is 2. The summed E-state index contributed by atoms with van der Waals surface area (Å²) < 4.78 is 7.73. The van der Waals surface area contributed by atoms with Crippen LogP contribution in [0.15, 0.2) is 47.4 Å². The fraction of sp³-hybridized carbons (Fsp3) is 0.333. The molecule has 0 atom stereocenters. The number of nitrogens with zero attached hydrogens (tertiary/aromatic N) is 1. The maximum absolute atomic E-state index is 12.6. The normalized spacial score (nSPS) is 14.3. The number of hydrogen-bond donors (Lipinski definition) is 2. The molecule has 0 bridgehead atoms. The number of aldehydes is 1. The van der Waals surface area contributed by atoms with E-state index in [2.05, 4.69) is 14.9 Å². The molecule has 1 fully saturated rings. The third-order valence-corrected chi connectivity index (χ3v) is 5.59. The fourth-order valence-electron chi connectivity index (χ4n) is 3.02. The van der Waals surface area contributed by atoms with E-state index in [-0.39, 0.29) is 12.5 Å². The average Bonchev–Trinajstić information content (AvgIpc) is 2.74. The summed E-state index contributed by atoms with van der Waals surface area (Å²) in [5.74, 6) is 0.333. The first-order valence-corrected chi connectivity index (χ1v) is 10.2. The van der Waals surface area contributed by atoms with Gasteiger partial charge in [0.05, 0.1) is 5.69 Å². The molecule has 0 saturated carbocycles. The van der Waals surface area contributed by atoms with E-state index in [1.807, 2.05) is 24.3 Å². The van der Waals surface area contributed by atoms with Gasteiger partial charge in [0.15, 0.2) is 6.29 Å². The molecule has 0 spiro atoms. The van der Waals surface area contributed by atoms with Crippen LogP contribution < -0.4 is 15.4 Å². The Morgan fingerprint density at radius 1 is 1.14 bits per heavy atom. The average molecular weight is 400 g/mol. The Hall–Kier alpha value is -2.51. The zero-order chi connectivity index (χ0) is 19.8. The molecule has 2 N–H and O–H groups in total. The minimum absolute atomic E-state index is 0.0258. The Kier molecular flexibility index (Phi) is 7.33. The van der Waals surface area contributed by atoms with Crippen LogP contribution in [0.1, 0.15) is 29.6 Å². The molecule has 2 aromatic carbocycles. The number of benzene rings is 2. The molecule has 3 rings (SSSR count). The number of piperidine rings is 1. The summed E-state index contributed by atoms with van der Waals surface area (Å²) in [6.07, 6.45) is 4.53. The molecule has 1 heterocycles. The lowest BCUT2D eigenvalue weighted by molar-refractivity contribution is -0.109. The van der Waals surface area contributed by atoms with Crippen LogP contribution >= 0.6 is 11.9 Å². The van der Waals surface area contributed by atoms with Gasteiger partial charge in [-0.1, -0.05) is 6.42 Å². The van der Waals surface area contributed by atoms with Gasteiger partial charge in [-0.25, -0.2) is 4.31 Å². The number of amides is 1. The van der Waals surface area contributed by atoms with Gasteiger partial charge >= 0.3 is 0 Å². The minimum Gasteiger partial charge on any atom is -0.484 e. The van der Waals surface area contributed by atoms with Crippen molar-refractivity contribution in [2.45, 2.75) is 24.2 Å². The molecule has 6 nitrogen and oxygen atoms in total. The summed E-state index contributed by atoms with van der Waals surface area (Å²) in [5, 5.41) is 5.90. The predicted molar refractivity (Wildman–Crippen MR) is 113 cm³/mol. The van der Waals surface area contributed by atoms with E-state index < -0.39 is 0 Å². The van der Waals surface area contributed by atoms with Gasteiger partial charge in [-0.05, 0) is 67.3 Å². The Bertz CT molecular complexity index is 805. The van der Waals surface area contributed by atoms with Gasteiger partial charge in [0.1, 0.15) is 12.4 Å². The smallest absolute Gasteiger partial charge is 0.255 e. The molecule has 0 unspecified atom stereocenters. The third-order valence-electron chi connectivity index (χ3n) is 4.48. The zero-order valence-electron chi connectivity index (χ0n) is 15.9. The second-order valence-corrected chi connectivity index (χ2v) is 7.67. The highest BCUT2D eigenvalue weighted by atomic mass is 32.2. The monoisotopic (exact) mass is 399 g/mol. The van der Waals surface area contributed by atoms with Crippen LogP contribution in [-0.4, -0.2) is 43.2 Å². The van der Waals surface area contributed by atoms with E-state index in [9.17, 15) is 9.59 Å². The Morgan fingerprint density at radius 2 is 1.89 bits per heavy atom. The lowest BCUT2D eigenvalue weighted by Crippen LogP contribution is -2.22. The van der Waals surface area contributed by atoms with Crippen molar-refractivity contribution >= 4 is 35.5 Å². The summed E-state index contributed by atoms with van der Waals surface area (Å²) in [6, 6.07) is 13.0. The number of anilines is 2. The largest absolute Gasteiger partial charge is 0.484 e. The van der Waals surface area contributed by atoms with Crippen LogP contribution in [-0.2, 0) is 4.79 Å². The van der Waals surface area contributed by atoms with Gasteiger partial charge in [-0.3, -0.25) is 9.59 Å². The topological polar surface area (TPSA) is 70.7 Å². The molecular formula is C21H25N3O3S. The molecule has 0 aliphatic carbocycles. The number of hydrogen-bond acceptors (Lipinski definition) is 6. The number of carbonyl (C=O) groups is 2. The van der Waals surface area contributed by atoms with Gasteiger partial charge in [-0.15, -0.1) is 0 Å².